The van der Waals surface area contributed by atoms with Gasteiger partial charge >= 0.3 is 0 Å². The van der Waals surface area contributed by atoms with Crippen LogP contribution in [-0.2, 0) is 11.3 Å². The van der Waals surface area contributed by atoms with Gasteiger partial charge in [0, 0.05) is 63.2 Å². The number of fused-ring (bicyclic) bond motifs is 2. The number of amides is 1. The van der Waals surface area contributed by atoms with E-state index in [1.807, 2.05) is 23.1 Å². The van der Waals surface area contributed by atoms with E-state index < -0.39 is 0 Å². The van der Waals surface area contributed by atoms with Crippen molar-refractivity contribution >= 4 is 22.6 Å². The lowest BCUT2D eigenvalue weighted by Gasteiger charge is -2.36. The van der Waals surface area contributed by atoms with Gasteiger partial charge in [0.15, 0.2) is 0 Å². The van der Waals surface area contributed by atoms with Crippen LogP contribution >= 0.6 is 0 Å². The van der Waals surface area contributed by atoms with E-state index in [1.165, 1.54) is 11.1 Å². The molecule has 0 N–H and O–H groups in total. The predicted molar refractivity (Wildman–Crippen MR) is 129 cm³/mol. The van der Waals surface area contributed by atoms with Gasteiger partial charge in [0.2, 0.25) is 5.91 Å². The molecule has 1 unspecified atom stereocenters. The first kappa shape index (κ1) is 21.6. The maximum atomic E-state index is 13.0. The number of ether oxygens (including phenoxy) is 1. The van der Waals surface area contributed by atoms with Crippen molar-refractivity contribution in [3.05, 3.63) is 59.9 Å². The highest BCUT2D eigenvalue weighted by Crippen LogP contribution is 2.27. The molecule has 3 aromatic rings. The molecule has 33 heavy (non-hydrogen) atoms. The number of anilines is 1. The zero-order valence-electron chi connectivity index (χ0n) is 19.4. The van der Waals surface area contributed by atoms with Gasteiger partial charge in [0.05, 0.1) is 5.52 Å². The molecule has 7 heteroatoms. The number of nitrogens with zero attached hydrogens (tertiary/aromatic N) is 5. The lowest BCUT2D eigenvalue weighted by atomic mass is 10.1. The summed E-state index contributed by atoms with van der Waals surface area (Å²) < 4.78 is 6.10. The summed E-state index contributed by atoms with van der Waals surface area (Å²) in [4.78, 5) is 28.5. The number of benzene rings is 2. The molecule has 0 aliphatic carbocycles. The number of para-hydroxylation sites is 1. The number of carbonyl (C=O) groups excluding carboxylic acids is 1. The van der Waals surface area contributed by atoms with Crippen molar-refractivity contribution in [3.8, 4) is 5.75 Å². The van der Waals surface area contributed by atoms with Gasteiger partial charge in [-0.2, -0.15) is 0 Å². The second-order valence-corrected chi connectivity index (χ2v) is 9.11. The second-order valence-electron chi connectivity index (χ2n) is 9.11. The zero-order valence-corrected chi connectivity index (χ0v) is 19.4. The fourth-order valence-corrected chi connectivity index (χ4v) is 4.86. The molecule has 0 bridgehead atoms. The molecule has 7 nitrogen and oxygen atoms in total. The summed E-state index contributed by atoms with van der Waals surface area (Å²) >= 11 is 0. The molecular formula is C26H31N5O2. The third-order valence-electron chi connectivity index (χ3n) is 6.55. The third-order valence-corrected chi connectivity index (χ3v) is 6.55. The van der Waals surface area contributed by atoms with Crippen LogP contribution < -0.4 is 9.64 Å². The molecule has 1 amide bonds. The number of aromatic nitrogens is 2. The SMILES string of the molecule is Cc1ccc2c(c1)CN(CCC(=O)N1CCN(c3ncnc4ccccc34)CC1)CC(C)O2. The summed E-state index contributed by atoms with van der Waals surface area (Å²) in [6.07, 6.45) is 2.26. The average molecular weight is 446 g/mol. The van der Waals surface area contributed by atoms with Gasteiger partial charge < -0.3 is 14.5 Å². The fraction of sp³-hybridized carbons (Fsp3) is 0.423. The van der Waals surface area contributed by atoms with Crippen molar-refractivity contribution in [2.24, 2.45) is 0 Å². The van der Waals surface area contributed by atoms with Gasteiger partial charge in [0.25, 0.3) is 0 Å². The number of piperazine rings is 1. The number of rotatable bonds is 4. The Balaban J connectivity index is 1.17. The van der Waals surface area contributed by atoms with Crippen LogP contribution in [0.2, 0.25) is 0 Å². The first-order valence-corrected chi connectivity index (χ1v) is 11.8. The van der Waals surface area contributed by atoms with Gasteiger partial charge in [0.1, 0.15) is 24.0 Å². The first-order valence-electron chi connectivity index (χ1n) is 11.8. The average Bonchev–Trinajstić information content (AvgIpc) is 2.99. The van der Waals surface area contributed by atoms with Crippen molar-refractivity contribution in [3.63, 3.8) is 0 Å². The molecule has 0 saturated carbocycles. The molecule has 1 aromatic heterocycles. The Labute approximate surface area is 195 Å². The molecule has 1 saturated heterocycles. The summed E-state index contributed by atoms with van der Waals surface area (Å²) in [7, 11) is 0. The van der Waals surface area contributed by atoms with Gasteiger partial charge in [-0.1, -0.05) is 29.8 Å². The molecule has 2 aromatic carbocycles. The van der Waals surface area contributed by atoms with Crippen LogP contribution in [0.25, 0.3) is 10.9 Å². The van der Waals surface area contributed by atoms with Crippen LogP contribution in [0.3, 0.4) is 0 Å². The van der Waals surface area contributed by atoms with E-state index in [2.05, 4.69) is 57.9 Å². The topological polar surface area (TPSA) is 61.8 Å². The van der Waals surface area contributed by atoms with Crippen LogP contribution in [0, 0.1) is 6.92 Å². The Kier molecular flexibility index (Phi) is 6.13. The molecule has 0 spiro atoms. The third kappa shape index (κ3) is 4.78. The molecule has 5 rings (SSSR count). The molecule has 0 radical (unpaired) electrons. The Morgan fingerprint density at radius 3 is 2.76 bits per heavy atom. The molecular weight excluding hydrogens is 414 g/mol. The Morgan fingerprint density at radius 2 is 1.91 bits per heavy atom. The molecule has 1 atom stereocenters. The second kappa shape index (κ2) is 9.35. The number of carbonyl (C=O) groups is 1. The van der Waals surface area contributed by atoms with Crippen molar-refractivity contribution in [2.75, 3.05) is 44.2 Å². The molecule has 3 heterocycles. The summed E-state index contributed by atoms with van der Waals surface area (Å²) in [6.45, 7) is 9.61. The highest BCUT2D eigenvalue weighted by Gasteiger charge is 2.25. The highest BCUT2D eigenvalue weighted by atomic mass is 16.5. The molecule has 172 valence electrons. The van der Waals surface area contributed by atoms with E-state index in [9.17, 15) is 4.79 Å². The minimum absolute atomic E-state index is 0.107. The smallest absolute Gasteiger partial charge is 0.223 e. The Morgan fingerprint density at radius 1 is 1.09 bits per heavy atom. The Bertz CT molecular complexity index is 1140. The summed E-state index contributed by atoms with van der Waals surface area (Å²) in [5.74, 6) is 2.15. The minimum atomic E-state index is 0.107. The largest absolute Gasteiger partial charge is 0.489 e. The van der Waals surface area contributed by atoms with Crippen LogP contribution in [0.15, 0.2) is 48.8 Å². The lowest BCUT2D eigenvalue weighted by molar-refractivity contribution is -0.131. The maximum Gasteiger partial charge on any atom is 0.223 e. The normalized spacial score (nSPS) is 19.2. The lowest BCUT2D eigenvalue weighted by Crippen LogP contribution is -2.49. The maximum absolute atomic E-state index is 13.0. The highest BCUT2D eigenvalue weighted by molar-refractivity contribution is 5.89. The zero-order chi connectivity index (χ0) is 22.8. The van der Waals surface area contributed by atoms with Crippen LogP contribution in [0.5, 0.6) is 5.75 Å². The van der Waals surface area contributed by atoms with E-state index in [0.717, 1.165) is 68.3 Å². The van der Waals surface area contributed by atoms with Crippen molar-refractivity contribution in [1.82, 2.24) is 19.8 Å². The summed E-state index contributed by atoms with van der Waals surface area (Å²) in [5, 5.41) is 1.06. The van der Waals surface area contributed by atoms with Crippen molar-refractivity contribution < 1.29 is 9.53 Å². The number of aryl methyl sites for hydroxylation is 1. The Hall–Kier alpha value is -3.19. The van der Waals surface area contributed by atoms with Gasteiger partial charge in [-0.3, -0.25) is 9.69 Å². The van der Waals surface area contributed by atoms with Gasteiger partial charge in [-0.15, -0.1) is 0 Å². The van der Waals surface area contributed by atoms with Gasteiger partial charge in [-0.05, 0) is 32.0 Å². The number of hydrogen-bond acceptors (Lipinski definition) is 6. The summed E-state index contributed by atoms with van der Waals surface area (Å²) in [5.41, 5.74) is 3.39. The van der Waals surface area contributed by atoms with E-state index >= 15 is 0 Å². The van der Waals surface area contributed by atoms with Crippen molar-refractivity contribution in [2.45, 2.75) is 32.9 Å². The summed E-state index contributed by atoms with van der Waals surface area (Å²) in [6, 6.07) is 14.4. The standard InChI is InChI=1S/C26H31N5O2/c1-19-7-8-24-21(15-19)17-29(16-20(2)33-24)10-9-25(32)30-11-13-31(14-12-30)26-22-5-3-4-6-23(22)27-18-28-26/h3-8,15,18,20H,9-14,16-17H2,1-2H3. The molecule has 2 aliphatic heterocycles. The van der Waals surface area contributed by atoms with Crippen LogP contribution in [0.1, 0.15) is 24.5 Å². The minimum Gasteiger partial charge on any atom is -0.489 e. The quantitative estimate of drug-likeness (QED) is 0.614. The van der Waals surface area contributed by atoms with Crippen LogP contribution in [-0.4, -0.2) is 71.0 Å². The monoisotopic (exact) mass is 445 g/mol. The van der Waals surface area contributed by atoms with E-state index in [4.69, 9.17) is 4.74 Å². The molecule has 1 fully saturated rings. The van der Waals surface area contributed by atoms with E-state index in [-0.39, 0.29) is 12.0 Å². The molecule has 2 aliphatic rings. The van der Waals surface area contributed by atoms with Crippen LogP contribution in [0.4, 0.5) is 5.82 Å². The van der Waals surface area contributed by atoms with Crippen molar-refractivity contribution in [1.29, 1.82) is 0 Å². The van der Waals surface area contributed by atoms with Gasteiger partial charge in [-0.25, -0.2) is 9.97 Å². The van der Waals surface area contributed by atoms with E-state index in [1.54, 1.807) is 6.33 Å². The number of hydrogen-bond donors (Lipinski definition) is 0. The first-order chi connectivity index (χ1) is 16.1. The predicted octanol–water partition coefficient (Wildman–Crippen LogP) is 3.26. The fourth-order valence-electron chi connectivity index (χ4n) is 4.86. The van der Waals surface area contributed by atoms with E-state index in [0.29, 0.717) is 6.42 Å².